The van der Waals surface area contributed by atoms with Crippen molar-refractivity contribution in [2.24, 2.45) is 0 Å². The van der Waals surface area contributed by atoms with Crippen molar-refractivity contribution in [3.63, 3.8) is 0 Å². The van der Waals surface area contributed by atoms with Crippen molar-refractivity contribution < 1.29 is 9.59 Å². The Balaban J connectivity index is 2.27. The molecular formula is C12H11BrN2O2. The lowest BCUT2D eigenvalue weighted by atomic mass is 10.2. The van der Waals surface area contributed by atoms with E-state index in [0.29, 0.717) is 12.2 Å². The quantitative estimate of drug-likeness (QED) is 0.672. The molecule has 0 bridgehead atoms. The van der Waals surface area contributed by atoms with E-state index in [4.69, 9.17) is 0 Å². The highest BCUT2D eigenvalue weighted by Crippen LogP contribution is 2.16. The fourth-order valence-corrected chi connectivity index (χ4v) is 1.85. The van der Waals surface area contributed by atoms with Crippen LogP contribution in [0.15, 0.2) is 34.4 Å². The first-order chi connectivity index (χ1) is 8.11. The molecule has 88 valence electrons. The molecule has 1 aromatic carbocycles. The van der Waals surface area contributed by atoms with Gasteiger partial charge < -0.3 is 5.32 Å². The molecule has 0 spiro atoms. The molecule has 1 aliphatic rings. The zero-order valence-electron chi connectivity index (χ0n) is 9.24. The standard InChI is InChI=1S/C12H11BrN2O2/c1-2-15-11(16)10(14-12(15)17)7-8-3-5-9(13)6-4-8/h3-7H,2H2,1H3,(H,14,17). The van der Waals surface area contributed by atoms with Crippen LogP contribution in [0.1, 0.15) is 12.5 Å². The van der Waals surface area contributed by atoms with E-state index in [0.717, 1.165) is 10.0 Å². The summed E-state index contributed by atoms with van der Waals surface area (Å²) in [5.74, 6) is -0.277. The third-order valence-electron chi connectivity index (χ3n) is 2.46. The highest BCUT2D eigenvalue weighted by Gasteiger charge is 2.31. The highest BCUT2D eigenvalue weighted by atomic mass is 79.9. The average molecular weight is 295 g/mol. The molecule has 0 atom stereocenters. The number of urea groups is 1. The van der Waals surface area contributed by atoms with Crippen LogP contribution in [0.5, 0.6) is 0 Å². The normalized spacial score (nSPS) is 17.8. The molecule has 4 nitrogen and oxygen atoms in total. The van der Waals surface area contributed by atoms with Crippen LogP contribution in [0, 0.1) is 0 Å². The molecule has 1 N–H and O–H groups in total. The smallest absolute Gasteiger partial charge is 0.303 e. The van der Waals surface area contributed by atoms with Gasteiger partial charge in [-0.15, -0.1) is 0 Å². The SMILES string of the molecule is CCN1C(=O)NC(=Cc2ccc(Br)cc2)C1=O. The van der Waals surface area contributed by atoms with Crippen LogP contribution < -0.4 is 5.32 Å². The fraction of sp³-hybridized carbons (Fsp3) is 0.167. The second-order valence-corrected chi connectivity index (χ2v) is 4.50. The zero-order chi connectivity index (χ0) is 12.4. The Kier molecular flexibility index (Phi) is 3.28. The molecule has 1 aromatic rings. The monoisotopic (exact) mass is 294 g/mol. The Morgan fingerprint density at radius 3 is 2.47 bits per heavy atom. The van der Waals surface area contributed by atoms with E-state index in [1.165, 1.54) is 4.90 Å². The van der Waals surface area contributed by atoms with Gasteiger partial charge in [0.05, 0.1) is 0 Å². The largest absolute Gasteiger partial charge is 0.328 e. The molecule has 1 fully saturated rings. The maximum atomic E-state index is 11.8. The molecule has 1 heterocycles. The summed E-state index contributed by atoms with van der Waals surface area (Å²) in [7, 11) is 0. The van der Waals surface area contributed by atoms with E-state index in [1.54, 1.807) is 13.0 Å². The van der Waals surface area contributed by atoms with Crippen LogP contribution >= 0.6 is 15.9 Å². The molecule has 3 amide bonds. The van der Waals surface area contributed by atoms with Gasteiger partial charge in [0.2, 0.25) is 0 Å². The van der Waals surface area contributed by atoms with Crippen LogP contribution in [0.25, 0.3) is 6.08 Å². The second-order valence-electron chi connectivity index (χ2n) is 3.59. The van der Waals surface area contributed by atoms with Crippen LogP contribution in [0.3, 0.4) is 0 Å². The molecule has 1 aliphatic heterocycles. The number of nitrogens with one attached hydrogen (secondary N) is 1. The van der Waals surface area contributed by atoms with E-state index in [1.807, 2.05) is 24.3 Å². The number of benzene rings is 1. The average Bonchev–Trinajstić information content (AvgIpc) is 2.57. The topological polar surface area (TPSA) is 49.4 Å². The van der Waals surface area contributed by atoms with Gasteiger partial charge in [0.1, 0.15) is 5.70 Å². The summed E-state index contributed by atoms with van der Waals surface area (Å²) in [6.07, 6.45) is 1.67. The molecule has 0 saturated carbocycles. The maximum absolute atomic E-state index is 11.8. The molecule has 1 saturated heterocycles. The highest BCUT2D eigenvalue weighted by molar-refractivity contribution is 9.10. The third kappa shape index (κ3) is 2.39. The second kappa shape index (κ2) is 4.71. The molecule has 5 heteroatoms. The lowest BCUT2D eigenvalue weighted by Gasteiger charge is -2.05. The third-order valence-corrected chi connectivity index (χ3v) is 2.99. The van der Waals surface area contributed by atoms with Crippen molar-refractivity contribution >= 4 is 33.9 Å². The number of nitrogens with zero attached hydrogens (tertiary/aromatic N) is 1. The fourth-order valence-electron chi connectivity index (χ4n) is 1.58. The first-order valence-electron chi connectivity index (χ1n) is 5.22. The summed E-state index contributed by atoms with van der Waals surface area (Å²) in [6.45, 7) is 2.14. The van der Waals surface area contributed by atoms with Gasteiger partial charge in [-0.3, -0.25) is 9.69 Å². The molecule has 0 aliphatic carbocycles. The van der Waals surface area contributed by atoms with Gasteiger partial charge in [-0.25, -0.2) is 4.79 Å². The molecule has 0 unspecified atom stereocenters. The summed E-state index contributed by atoms with van der Waals surface area (Å²) < 4.78 is 0.969. The summed E-state index contributed by atoms with van der Waals surface area (Å²) in [5, 5.41) is 2.55. The Morgan fingerprint density at radius 2 is 1.94 bits per heavy atom. The van der Waals surface area contributed by atoms with E-state index < -0.39 is 0 Å². The van der Waals surface area contributed by atoms with Crippen molar-refractivity contribution in [2.45, 2.75) is 6.92 Å². The van der Waals surface area contributed by atoms with Gasteiger partial charge in [0.15, 0.2) is 0 Å². The molecule has 2 rings (SSSR count). The predicted molar refractivity (Wildman–Crippen MR) is 68.0 cm³/mol. The first kappa shape index (κ1) is 11.9. The predicted octanol–water partition coefficient (Wildman–Crippen LogP) is 2.36. The summed E-state index contributed by atoms with van der Waals surface area (Å²) >= 11 is 3.33. The van der Waals surface area contributed by atoms with E-state index in [9.17, 15) is 9.59 Å². The summed E-state index contributed by atoms with van der Waals surface area (Å²) in [4.78, 5) is 24.4. The zero-order valence-corrected chi connectivity index (χ0v) is 10.8. The van der Waals surface area contributed by atoms with Crippen molar-refractivity contribution in [3.05, 3.63) is 40.0 Å². The lowest BCUT2D eigenvalue weighted by molar-refractivity contribution is -0.122. The van der Waals surface area contributed by atoms with Crippen LogP contribution in [0.2, 0.25) is 0 Å². The maximum Gasteiger partial charge on any atom is 0.328 e. The number of likely N-dealkylation sites (N-methyl/N-ethyl adjacent to an activating group) is 1. The number of carbonyl (C=O) groups excluding carboxylic acids is 2. The van der Waals surface area contributed by atoms with Crippen molar-refractivity contribution in [3.8, 4) is 0 Å². The van der Waals surface area contributed by atoms with Crippen molar-refractivity contribution in [1.82, 2.24) is 10.2 Å². The summed E-state index contributed by atoms with van der Waals surface area (Å²) in [5.41, 5.74) is 1.19. The van der Waals surface area contributed by atoms with E-state index >= 15 is 0 Å². The Labute approximate surface area is 107 Å². The van der Waals surface area contributed by atoms with Gasteiger partial charge in [0.25, 0.3) is 5.91 Å². The Hall–Kier alpha value is -1.62. The van der Waals surface area contributed by atoms with Crippen molar-refractivity contribution in [1.29, 1.82) is 0 Å². The first-order valence-corrected chi connectivity index (χ1v) is 6.01. The number of carbonyl (C=O) groups is 2. The number of rotatable bonds is 2. The minimum absolute atomic E-state index is 0.277. The van der Waals surface area contributed by atoms with E-state index in [-0.39, 0.29) is 11.9 Å². The van der Waals surface area contributed by atoms with Gasteiger partial charge in [0, 0.05) is 11.0 Å². The lowest BCUT2D eigenvalue weighted by Crippen LogP contribution is -2.30. The number of amides is 3. The minimum Gasteiger partial charge on any atom is -0.303 e. The van der Waals surface area contributed by atoms with Gasteiger partial charge in [-0.1, -0.05) is 28.1 Å². The summed E-state index contributed by atoms with van der Waals surface area (Å²) in [6, 6.07) is 7.13. The Bertz CT molecular complexity index is 494. The molecular weight excluding hydrogens is 284 g/mol. The molecule has 17 heavy (non-hydrogen) atoms. The van der Waals surface area contributed by atoms with Crippen molar-refractivity contribution in [2.75, 3.05) is 6.54 Å². The minimum atomic E-state index is -0.360. The number of hydrogen-bond acceptors (Lipinski definition) is 2. The Morgan fingerprint density at radius 1 is 1.29 bits per heavy atom. The van der Waals surface area contributed by atoms with Gasteiger partial charge in [-0.05, 0) is 30.7 Å². The number of imide groups is 1. The number of hydrogen-bond donors (Lipinski definition) is 1. The van der Waals surface area contributed by atoms with E-state index in [2.05, 4.69) is 21.2 Å². The number of halogens is 1. The molecule has 0 aromatic heterocycles. The van der Waals surface area contributed by atoms with Gasteiger partial charge in [-0.2, -0.15) is 0 Å². The van der Waals surface area contributed by atoms with Crippen LogP contribution in [-0.4, -0.2) is 23.4 Å². The van der Waals surface area contributed by atoms with Gasteiger partial charge >= 0.3 is 6.03 Å². The van der Waals surface area contributed by atoms with Crippen LogP contribution in [-0.2, 0) is 4.79 Å². The van der Waals surface area contributed by atoms with Crippen LogP contribution in [0.4, 0.5) is 4.79 Å². The molecule has 0 radical (unpaired) electrons.